The highest BCUT2D eigenvalue weighted by Gasteiger charge is 2.31. The van der Waals surface area contributed by atoms with E-state index in [2.05, 4.69) is 18.2 Å². The molecule has 0 unspecified atom stereocenters. The molecule has 1 heterocycles. The van der Waals surface area contributed by atoms with Crippen LogP contribution in [0.15, 0.2) is 23.1 Å². The minimum Gasteiger partial charge on any atom is -0.383 e. The topological polar surface area (TPSA) is 29.5 Å². The summed E-state index contributed by atoms with van der Waals surface area (Å²) in [6, 6.07) is 6.21. The fraction of sp³-hybridized carbons (Fsp3) is 0.333. The van der Waals surface area contributed by atoms with Crippen molar-refractivity contribution in [3.05, 3.63) is 39.8 Å². The molecule has 0 aliphatic carbocycles. The molecule has 1 amide bonds. The molecule has 1 aliphatic heterocycles. The second-order valence-corrected chi connectivity index (χ2v) is 6.36. The van der Waals surface area contributed by atoms with Gasteiger partial charge in [0.1, 0.15) is 4.32 Å². The molecule has 1 saturated heterocycles. The lowest BCUT2D eigenvalue weighted by molar-refractivity contribution is -0.122. The summed E-state index contributed by atoms with van der Waals surface area (Å²) in [6.45, 7) is 5.08. The maximum Gasteiger partial charge on any atom is 0.266 e. The van der Waals surface area contributed by atoms with Crippen molar-refractivity contribution in [3.63, 3.8) is 0 Å². The van der Waals surface area contributed by atoms with Gasteiger partial charge in [-0.2, -0.15) is 0 Å². The number of ether oxygens (including phenoxy) is 1. The van der Waals surface area contributed by atoms with E-state index in [-0.39, 0.29) is 5.91 Å². The summed E-state index contributed by atoms with van der Waals surface area (Å²) in [5.41, 5.74) is 3.40. The second kappa shape index (κ2) is 6.52. The van der Waals surface area contributed by atoms with E-state index in [1.165, 1.54) is 17.3 Å². The van der Waals surface area contributed by atoms with E-state index in [1.54, 1.807) is 12.0 Å². The number of carbonyl (C=O) groups is 1. The molecule has 1 aliphatic rings. The predicted molar refractivity (Wildman–Crippen MR) is 87.7 cm³/mol. The van der Waals surface area contributed by atoms with Crippen LogP contribution in [0, 0.1) is 13.8 Å². The Hall–Kier alpha value is -1.17. The van der Waals surface area contributed by atoms with Crippen LogP contribution in [-0.4, -0.2) is 35.4 Å². The molecule has 5 heteroatoms. The minimum absolute atomic E-state index is 0.0297. The van der Waals surface area contributed by atoms with Gasteiger partial charge in [0.2, 0.25) is 0 Å². The monoisotopic (exact) mass is 307 g/mol. The third kappa shape index (κ3) is 3.29. The van der Waals surface area contributed by atoms with E-state index in [1.807, 2.05) is 19.9 Å². The van der Waals surface area contributed by atoms with Gasteiger partial charge in [-0.25, -0.2) is 0 Å². The van der Waals surface area contributed by atoms with Crippen molar-refractivity contribution in [2.75, 3.05) is 20.3 Å². The number of hydrogen-bond donors (Lipinski definition) is 0. The van der Waals surface area contributed by atoms with E-state index < -0.39 is 0 Å². The number of methoxy groups -OCH3 is 1. The Morgan fingerprint density at radius 3 is 2.85 bits per heavy atom. The Labute approximate surface area is 129 Å². The lowest BCUT2D eigenvalue weighted by atomic mass is 10.1. The molecule has 2 rings (SSSR count). The molecule has 1 aromatic carbocycles. The molecule has 0 radical (unpaired) electrons. The SMILES string of the molecule is COCCN1C(=O)/C(=C\c2cc(C)ccc2C)SC1=S. The zero-order chi connectivity index (χ0) is 14.7. The van der Waals surface area contributed by atoms with Crippen molar-refractivity contribution in [1.82, 2.24) is 4.90 Å². The summed E-state index contributed by atoms with van der Waals surface area (Å²) in [7, 11) is 1.61. The summed E-state index contributed by atoms with van der Waals surface area (Å²) < 4.78 is 5.61. The summed E-state index contributed by atoms with van der Waals surface area (Å²) >= 11 is 6.61. The van der Waals surface area contributed by atoms with Gasteiger partial charge in [0, 0.05) is 7.11 Å². The van der Waals surface area contributed by atoms with Crippen LogP contribution < -0.4 is 0 Å². The van der Waals surface area contributed by atoms with Crippen LogP contribution in [0.25, 0.3) is 6.08 Å². The molecule has 0 N–H and O–H groups in total. The molecular formula is C15H17NO2S2. The number of thioether (sulfide) groups is 1. The molecule has 0 spiro atoms. The van der Waals surface area contributed by atoms with Crippen LogP contribution in [0.3, 0.4) is 0 Å². The maximum absolute atomic E-state index is 12.3. The Kier molecular flexibility index (Phi) is 4.96. The third-order valence-electron chi connectivity index (χ3n) is 3.11. The summed E-state index contributed by atoms with van der Waals surface area (Å²) in [6.07, 6.45) is 1.93. The van der Waals surface area contributed by atoms with Gasteiger partial charge in [-0.1, -0.05) is 47.7 Å². The van der Waals surface area contributed by atoms with Gasteiger partial charge >= 0.3 is 0 Å². The predicted octanol–water partition coefficient (Wildman–Crippen LogP) is 3.15. The molecule has 1 fully saturated rings. The first kappa shape index (κ1) is 15.2. The molecule has 0 saturated carbocycles. The number of amides is 1. The molecular weight excluding hydrogens is 290 g/mol. The first-order chi connectivity index (χ1) is 9.52. The van der Waals surface area contributed by atoms with E-state index in [4.69, 9.17) is 17.0 Å². The van der Waals surface area contributed by atoms with Gasteiger partial charge in [-0.15, -0.1) is 0 Å². The molecule has 20 heavy (non-hydrogen) atoms. The first-order valence-electron chi connectivity index (χ1n) is 6.34. The number of aryl methyl sites for hydroxylation is 2. The fourth-order valence-corrected chi connectivity index (χ4v) is 3.23. The van der Waals surface area contributed by atoms with Gasteiger partial charge in [0.15, 0.2) is 0 Å². The highest BCUT2D eigenvalue weighted by Crippen LogP contribution is 2.32. The van der Waals surface area contributed by atoms with Crippen molar-refractivity contribution < 1.29 is 9.53 Å². The smallest absolute Gasteiger partial charge is 0.266 e. The molecule has 1 aromatic rings. The van der Waals surface area contributed by atoms with Crippen molar-refractivity contribution in [2.24, 2.45) is 0 Å². The standard InChI is InChI=1S/C15H17NO2S2/c1-10-4-5-11(2)12(8-10)9-13-14(17)16(6-7-18-3)15(19)20-13/h4-5,8-9H,6-7H2,1-3H3/b13-9+. The van der Waals surface area contributed by atoms with Crippen molar-refractivity contribution in [3.8, 4) is 0 Å². The number of benzene rings is 1. The summed E-state index contributed by atoms with van der Waals surface area (Å²) in [5.74, 6) is -0.0297. The van der Waals surface area contributed by atoms with E-state index in [9.17, 15) is 4.79 Å². The minimum atomic E-state index is -0.0297. The fourth-order valence-electron chi connectivity index (χ4n) is 1.93. The number of nitrogens with zero attached hydrogens (tertiary/aromatic N) is 1. The number of rotatable bonds is 4. The van der Waals surface area contributed by atoms with Crippen molar-refractivity contribution in [2.45, 2.75) is 13.8 Å². The van der Waals surface area contributed by atoms with E-state index in [0.717, 1.165) is 11.1 Å². The van der Waals surface area contributed by atoms with E-state index >= 15 is 0 Å². The Balaban J connectivity index is 2.25. The van der Waals surface area contributed by atoms with Gasteiger partial charge in [-0.05, 0) is 31.1 Å². The summed E-state index contributed by atoms with van der Waals surface area (Å²) in [5, 5.41) is 0. The van der Waals surface area contributed by atoms with Gasteiger partial charge in [-0.3, -0.25) is 9.69 Å². The van der Waals surface area contributed by atoms with Gasteiger partial charge in [0.05, 0.1) is 18.1 Å². The highest BCUT2D eigenvalue weighted by atomic mass is 32.2. The quantitative estimate of drug-likeness (QED) is 0.631. The first-order valence-corrected chi connectivity index (χ1v) is 7.57. The van der Waals surface area contributed by atoms with Crippen LogP contribution in [-0.2, 0) is 9.53 Å². The molecule has 0 aromatic heterocycles. The normalized spacial score (nSPS) is 17.4. The molecule has 106 valence electrons. The third-order valence-corrected chi connectivity index (χ3v) is 4.49. The Morgan fingerprint density at radius 1 is 1.40 bits per heavy atom. The van der Waals surface area contributed by atoms with Crippen LogP contribution in [0.5, 0.6) is 0 Å². The molecule has 3 nitrogen and oxygen atoms in total. The van der Waals surface area contributed by atoms with Crippen LogP contribution in [0.1, 0.15) is 16.7 Å². The zero-order valence-electron chi connectivity index (χ0n) is 11.8. The Morgan fingerprint density at radius 2 is 2.15 bits per heavy atom. The molecule has 0 bridgehead atoms. The number of thiocarbonyl (C=S) groups is 1. The Bertz CT molecular complexity index is 581. The zero-order valence-corrected chi connectivity index (χ0v) is 13.4. The van der Waals surface area contributed by atoms with Crippen LogP contribution in [0.2, 0.25) is 0 Å². The average molecular weight is 307 g/mol. The number of hydrogen-bond acceptors (Lipinski definition) is 4. The lowest BCUT2D eigenvalue weighted by Crippen LogP contribution is -2.31. The van der Waals surface area contributed by atoms with Gasteiger partial charge in [0.25, 0.3) is 5.91 Å². The van der Waals surface area contributed by atoms with Crippen molar-refractivity contribution >= 4 is 40.3 Å². The second-order valence-electron chi connectivity index (χ2n) is 4.69. The lowest BCUT2D eigenvalue weighted by Gasteiger charge is -2.13. The average Bonchev–Trinajstić information content (AvgIpc) is 2.67. The summed E-state index contributed by atoms with van der Waals surface area (Å²) in [4.78, 5) is 14.6. The maximum atomic E-state index is 12.3. The van der Waals surface area contributed by atoms with Gasteiger partial charge < -0.3 is 4.74 Å². The van der Waals surface area contributed by atoms with Crippen LogP contribution >= 0.6 is 24.0 Å². The van der Waals surface area contributed by atoms with Crippen LogP contribution in [0.4, 0.5) is 0 Å². The largest absolute Gasteiger partial charge is 0.383 e. The van der Waals surface area contributed by atoms with E-state index in [0.29, 0.717) is 22.4 Å². The van der Waals surface area contributed by atoms with Crippen molar-refractivity contribution in [1.29, 1.82) is 0 Å². The highest BCUT2D eigenvalue weighted by molar-refractivity contribution is 8.26. The molecule has 0 atom stereocenters. The number of carbonyl (C=O) groups excluding carboxylic acids is 1.